The van der Waals surface area contributed by atoms with Gasteiger partial charge in [-0.2, -0.15) is 0 Å². The highest BCUT2D eigenvalue weighted by atomic mass is 14.7. The molecule has 1 heteroatoms. The molecule has 0 fully saturated rings. The third kappa shape index (κ3) is 1.82. The van der Waals surface area contributed by atoms with Crippen LogP contribution in [0.3, 0.4) is 0 Å². The third-order valence-corrected chi connectivity index (χ3v) is 1.80. The Kier molecular flexibility index (Phi) is 2.81. The molecular formula is C11H13N. The van der Waals surface area contributed by atoms with Gasteiger partial charge in [-0.25, -0.2) is 0 Å². The van der Waals surface area contributed by atoms with Crippen LogP contribution in [-0.2, 0) is 0 Å². The molecule has 0 heterocycles. The molecule has 0 unspecified atom stereocenters. The average molecular weight is 159 g/mol. The van der Waals surface area contributed by atoms with E-state index in [-0.39, 0.29) is 0 Å². The molecule has 0 bridgehead atoms. The molecule has 0 aromatic carbocycles. The minimum atomic E-state index is 0.902. The van der Waals surface area contributed by atoms with Crippen LogP contribution in [0.4, 0.5) is 0 Å². The summed E-state index contributed by atoms with van der Waals surface area (Å²) in [4.78, 5) is 4.15. The van der Waals surface area contributed by atoms with Gasteiger partial charge in [0.05, 0.1) is 5.71 Å². The normalized spacial score (nSPS) is 23.6. The van der Waals surface area contributed by atoms with Crippen LogP contribution in [0.25, 0.3) is 0 Å². The molecule has 62 valence electrons. The van der Waals surface area contributed by atoms with Crippen LogP contribution in [0.15, 0.2) is 53.7 Å². The van der Waals surface area contributed by atoms with Gasteiger partial charge in [-0.15, -0.1) is 0 Å². The monoisotopic (exact) mass is 159 g/mol. The van der Waals surface area contributed by atoms with Gasteiger partial charge in [-0.1, -0.05) is 30.9 Å². The number of rotatable bonds is 1. The molecule has 0 saturated heterocycles. The molecule has 0 atom stereocenters. The third-order valence-electron chi connectivity index (χ3n) is 1.80. The van der Waals surface area contributed by atoms with Crippen molar-refractivity contribution in [1.29, 1.82) is 0 Å². The minimum absolute atomic E-state index is 0.902. The van der Waals surface area contributed by atoms with Crippen molar-refractivity contribution in [3.05, 3.63) is 48.7 Å². The second kappa shape index (κ2) is 3.86. The van der Waals surface area contributed by atoms with Gasteiger partial charge in [0.1, 0.15) is 0 Å². The zero-order valence-corrected chi connectivity index (χ0v) is 7.38. The molecule has 0 aromatic rings. The first-order chi connectivity index (χ1) is 5.77. The van der Waals surface area contributed by atoms with E-state index in [2.05, 4.69) is 24.2 Å². The average Bonchev–Trinajstić information content (AvgIpc) is 2.08. The van der Waals surface area contributed by atoms with Gasteiger partial charge in [0.15, 0.2) is 0 Å². The lowest BCUT2D eigenvalue weighted by molar-refractivity contribution is 1.21. The lowest BCUT2D eigenvalue weighted by atomic mass is 9.95. The zero-order chi connectivity index (χ0) is 8.97. The Morgan fingerprint density at radius 3 is 2.83 bits per heavy atom. The summed E-state index contributed by atoms with van der Waals surface area (Å²) in [6, 6.07) is 0. The lowest BCUT2D eigenvalue weighted by Crippen LogP contribution is -2.04. The van der Waals surface area contributed by atoms with E-state index in [1.54, 1.807) is 6.20 Å². The molecule has 0 amide bonds. The van der Waals surface area contributed by atoms with Crippen molar-refractivity contribution in [2.75, 3.05) is 0 Å². The maximum atomic E-state index is 4.15. The summed E-state index contributed by atoms with van der Waals surface area (Å²) >= 11 is 0. The van der Waals surface area contributed by atoms with Crippen LogP contribution >= 0.6 is 0 Å². The second-order valence-corrected chi connectivity index (χ2v) is 2.68. The van der Waals surface area contributed by atoms with E-state index in [1.807, 2.05) is 19.1 Å². The Hall–Kier alpha value is -1.37. The number of aliphatic imine (C=N–C) groups is 1. The van der Waals surface area contributed by atoms with Gasteiger partial charge in [-0.05, 0) is 25.0 Å². The van der Waals surface area contributed by atoms with Crippen molar-refractivity contribution in [2.24, 2.45) is 4.99 Å². The van der Waals surface area contributed by atoms with Gasteiger partial charge < -0.3 is 0 Å². The standard InChI is InChI=1S/C11H13N/c1-4-10-8-9(3)6-7-11(10)12-5-2/h4-7H,2-3,8H2,1H3/b10-4-,12-11-. The highest BCUT2D eigenvalue weighted by Gasteiger charge is 2.08. The highest BCUT2D eigenvalue weighted by Crippen LogP contribution is 2.18. The Morgan fingerprint density at radius 1 is 1.50 bits per heavy atom. The Balaban J connectivity index is 3.01. The largest absolute Gasteiger partial charge is 0.257 e. The first-order valence-corrected chi connectivity index (χ1v) is 3.98. The fourth-order valence-corrected chi connectivity index (χ4v) is 1.17. The van der Waals surface area contributed by atoms with Crippen molar-refractivity contribution in [3.8, 4) is 0 Å². The van der Waals surface area contributed by atoms with Crippen molar-refractivity contribution in [2.45, 2.75) is 13.3 Å². The van der Waals surface area contributed by atoms with E-state index in [0.29, 0.717) is 0 Å². The van der Waals surface area contributed by atoms with Crippen LogP contribution in [0, 0.1) is 0 Å². The fourth-order valence-electron chi connectivity index (χ4n) is 1.17. The molecule has 1 rings (SSSR count). The van der Waals surface area contributed by atoms with Crippen molar-refractivity contribution >= 4 is 5.71 Å². The van der Waals surface area contributed by atoms with Crippen LogP contribution in [0.5, 0.6) is 0 Å². The molecular weight excluding hydrogens is 146 g/mol. The topological polar surface area (TPSA) is 12.4 Å². The van der Waals surface area contributed by atoms with Crippen molar-refractivity contribution in [1.82, 2.24) is 0 Å². The van der Waals surface area contributed by atoms with Crippen LogP contribution in [0.1, 0.15) is 13.3 Å². The summed E-state index contributed by atoms with van der Waals surface area (Å²) in [7, 11) is 0. The Labute approximate surface area is 73.5 Å². The summed E-state index contributed by atoms with van der Waals surface area (Å²) in [5.41, 5.74) is 3.36. The van der Waals surface area contributed by atoms with E-state index in [9.17, 15) is 0 Å². The quantitative estimate of drug-likeness (QED) is 0.557. The molecule has 0 aromatic heterocycles. The highest BCUT2D eigenvalue weighted by molar-refractivity contribution is 6.10. The van der Waals surface area contributed by atoms with Gasteiger partial charge in [-0.3, -0.25) is 4.99 Å². The smallest absolute Gasteiger partial charge is 0.0661 e. The van der Waals surface area contributed by atoms with Crippen LogP contribution < -0.4 is 0 Å². The van der Waals surface area contributed by atoms with E-state index in [1.165, 1.54) is 5.57 Å². The first kappa shape index (κ1) is 8.72. The molecule has 0 saturated carbocycles. The number of hydrogen-bond acceptors (Lipinski definition) is 1. The predicted molar refractivity (Wildman–Crippen MR) is 54.3 cm³/mol. The summed E-state index contributed by atoms with van der Waals surface area (Å²) in [5, 5.41) is 0. The second-order valence-electron chi connectivity index (χ2n) is 2.68. The van der Waals surface area contributed by atoms with E-state index < -0.39 is 0 Å². The predicted octanol–water partition coefficient (Wildman–Crippen LogP) is 3.03. The van der Waals surface area contributed by atoms with Gasteiger partial charge in [0.25, 0.3) is 0 Å². The minimum Gasteiger partial charge on any atom is -0.257 e. The molecule has 1 nitrogen and oxygen atoms in total. The zero-order valence-electron chi connectivity index (χ0n) is 7.38. The molecule has 0 spiro atoms. The van der Waals surface area contributed by atoms with Crippen molar-refractivity contribution in [3.63, 3.8) is 0 Å². The Morgan fingerprint density at radius 2 is 2.25 bits per heavy atom. The lowest BCUT2D eigenvalue weighted by Gasteiger charge is -2.11. The summed E-state index contributed by atoms with van der Waals surface area (Å²) < 4.78 is 0. The van der Waals surface area contributed by atoms with Gasteiger partial charge in [0.2, 0.25) is 0 Å². The fraction of sp³-hybridized carbons (Fsp3) is 0.182. The van der Waals surface area contributed by atoms with E-state index >= 15 is 0 Å². The summed E-state index contributed by atoms with van der Waals surface area (Å²) in [5.74, 6) is 0. The van der Waals surface area contributed by atoms with Crippen molar-refractivity contribution < 1.29 is 0 Å². The van der Waals surface area contributed by atoms with Crippen LogP contribution in [-0.4, -0.2) is 5.71 Å². The Bertz CT molecular complexity index is 290. The number of nitrogens with zero attached hydrogens (tertiary/aromatic N) is 1. The first-order valence-electron chi connectivity index (χ1n) is 3.98. The SMILES string of the molecule is C=C/N=C1/C=CC(=C)C/C1=C/C. The maximum Gasteiger partial charge on any atom is 0.0661 e. The molecule has 1 aliphatic rings. The summed E-state index contributed by atoms with van der Waals surface area (Å²) in [6.07, 6.45) is 8.51. The van der Waals surface area contributed by atoms with Crippen LogP contribution in [0.2, 0.25) is 0 Å². The van der Waals surface area contributed by atoms with E-state index in [4.69, 9.17) is 0 Å². The molecule has 0 N–H and O–H groups in total. The molecule has 0 aliphatic heterocycles. The van der Waals surface area contributed by atoms with Gasteiger partial charge >= 0.3 is 0 Å². The molecule has 12 heavy (non-hydrogen) atoms. The molecule has 0 radical (unpaired) electrons. The van der Waals surface area contributed by atoms with Gasteiger partial charge in [0, 0.05) is 6.20 Å². The molecule has 1 aliphatic carbocycles. The number of allylic oxidation sites excluding steroid dienone is 5. The summed E-state index contributed by atoms with van der Waals surface area (Å²) in [6.45, 7) is 9.48. The number of hydrogen-bond donors (Lipinski definition) is 0. The van der Waals surface area contributed by atoms with E-state index in [0.717, 1.165) is 17.7 Å². The maximum absolute atomic E-state index is 4.15.